The van der Waals surface area contributed by atoms with Crippen molar-refractivity contribution in [1.29, 1.82) is 0 Å². The zero-order valence-corrected chi connectivity index (χ0v) is 23.0. The highest BCUT2D eigenvalue weighted by molar-refractivity contribution is 5.93. The van der Waals surface area contributed by atoms with Crippen LogP contribution in [0.4, 0.5) is 5.82 Å². The van der Waals surface area contributed by atoms with E-state index in [1.54, 1.807) is 28.2 Å². The Morgan fingerprint density at radius 3 is 2.63 bits per heavy atom. The lowest BCUT2D eigenvalue weighted by Gasteiger charge is -2.34. The quantitative estimate of drug-likeness (QED) is 0.508. The number of piperazine rings is 1. The van der Waals surface area contributed by atoms with Gasteiger partial charge >= 0.3 is 0 Å². The number of likely N-dealkylation sites (N-methyl/N-ethyl adjacent to an activating group) is 3. The lowest BCUT2D eigenvalue weighted by molar-refractivity contribution is 0.0754. The average molecular weight is 518 g/mol. The van der Waals surface area contributed by atoms with Gasteiger partial charge < -0.3 is 20.4 Å². The van der Waals surface area contributed by atoms with Crippen molar-refractivity contribution in [3.05, 3.63) is 53.0 Å². The van der Waals surface area contributed by atoms with Crippen molar-refractivity contribution in [2.24, 2.45) is 0 Å². The third kappa shape index (κ3) is 5.57. The number of carbonyl (C=O) groups excluding carboxylic acids is 1. The van der Waals surface area contributed by atoms with Crippen LogP contribution < -0.4 is 5.73 Å². The number of benzene rings is 1. The molecule has 4 heterocycles. The molecule has 1 saturated heterocycles. The maximum Gasteiger partial charge on any atom is 0.256 e. The monoisotopic (exact) mass is 517 g/mol. The highest BCUT2D eigenvalue weighted by Gasteiger charge is 2.21. The number of rotatable bonds is 7. The van der Waals surface area contributed by atoms with Crippen molar-refractivity contribution in [1.82, 2.24) is 39.3 Å². The van der Waals surface area contributed by atoms with Crippen molar-refractivity contribution < 1.29 is 4.79 Å². The number of hydrogen-bond donors (Lipinski definition) is 1. The fourth-order valence-corrected chi connectivity index (χ4v) is 5.40. The summed E-state index contributed by atoms with van der Waals surface area (Å²) in [7, 11) is 3.99. The Morgan fingerprint density at radius 1 is 1.11 bits per heavy atom. The lowest BCUT2D eigenvalue weighted by atomic mass is 9.92. The molecular weight excluding hydrogens is 478 g/mol. The molecular formula is C28H39N9O. The molecule has 2 aliphatic rings. The van der Waals surface area contributed by atoms with Crippen molar-refractivity contribution in [3.8, 4) is 17.1 Å². The van der Waals surface area contributed by atoms with E-state index in [2.05, 4.69) is 57.8 Å². The third-order valence-corrected chi connectivity index (χ3v) is 7.88. The first-order chi connectivity index (χ1) is 18.3. The van der Waals surface area contributed by atoms with Crippen molar-refractivity contribution in [3.63, 3.8) is 0 Å². The molecule has 1 fully saturated rings. The smallest absolute Gasteiger partial charge is 0.256 e. The van der Waals surface area contributed by atoms with Crippen molar-refractivity contribution >= 4 is 11.7 Å². The third-order valence-electron chi connectivity index (χ3n) is 7.88. The van der Waals surface area contributed by atoms with E-state index in [-0.39, 0.29) is 11.7 Å². The second-order valence-electron chi connectivity index (χ2n) is 10.6. The minimum Gasteiger partial charge on any atom is -0.381 e. The van der Waals surface area contributed by atoms with Crippen LogP contribution in [0.3, 0.4) is 0 Å². The number of carbonyl (C=O) groups is 1. The Balaban J connectivity index is 1.29. The minimum absolute atomic E-state index is 0.0689. The summed E-state index contributed by atoms with van der Waals surface area (Å²) in [5.41, 5.74) is 12.5. The van der Waals surface area contributed by atoms with Crippen LogP contribution in [0.2, 0.25) is 0 Å². The number of anilines is 1. The molecule has 2 aromatic heterocycles. The molecule has 1 aromatic carbocycles. The second kappa shape index (κ2) is 11.2. The predicted octanol–water partition coefficient (Wildman–Crippen LogP) is 1.92. The van der Waals surface area contributed by atoms with Crippen LogP contribution in [0.5, 0.6) is 0 Å². The van der Waals surface area contributed by atoms with Gasteiger partial charge in [0.05, 0.1) is 23.7 Å². The first-order valence-electron chi connectivity index (χ1n) is 13.5. The Kier molecular flexibility index (Phi) is 7.73. The molecule has 0 saturated carbocycles. The van der Waals surface area contributed by atoms with E-state index in [1.165, 1.54) is 16.7 Å². The van der Waals surface area contributed by atoms with Gasteiger partial charge in [0.25, 0.3) is 5.91 Å². The molecule has 0 aliphatic carbocycles. The molecule has 10 heteroatoms. The van der Waals surface area contributed by atoms with Crippen LogP contribution in [0.15, 0.2) is 30.7 Å². The fourth-order valence-electron chi connectivity index (χ4n) is 5.40. The van der Waals surface area contributed by atoms with Crippen LogP contribution in [-0.4, -0.2) is 112 Å². The number of nitrogens with zero attached hydrogens (tertiary/aromatic N) is 8. The number of nitrogens with two attached hydrogens (primary N) is 1. The van der Waals surface area contributed by atoms with Gasteiger partial charge in [-0.15, -0.1) is 0 Å². The summed E-state index contributed by atoms with van der Waals surface area (Å²) in [6.07, 6.45) is 6.03. The fraction of sp³-hybridized carbons (Fsp3) is 0.500. The molecule has 2 N–H and O–H groups in total. The van der Waals surface area contributed by atoms with Gasteiger partial charge in [-0.25, -0.2) is 14.6 Å². The van der Waals surface area contributed by atoms with Gasteiger partial charge in [0.2, 0.25) is 0 Å². The standard InChI is InChI=1S/C28H39N9O/c1-5-35-10-12-36(13-11-35)9-8-34(4)28(38)23-16-31-37(19-23)27-26(29)30-17-25(32-27)21-14-20(2)24-6-7-33(3)18-22(24)15-21/h14-17,19H,5-13,18H2,1-4H3,(H2,29,30). The molecule has 0 atom stereocenters. The number of fused-ring (bicyclic) bond motifs is 1. The van der Waals surface area contributed by atoms with Gasteiger partial charge in [-0.1, -0.05) is 6.92 Å². The highest BCUT2D eigenvalue weighted by Crippen LogP contribution is 2.29. The van der Waals surface area contributed by atoms with Gasteiger partial charge in [0, 0.05) is 71.2 Å². The normalized spacial score (nSPS) is 16.9. The highest BCUT2D eigenvalue weighted by atomic mass is 16.2. The molecule has 0 radical (unpaired) electrons. The van der Waals surface area contributed by atoms with E-state index in [4.69, 9.17) is 10.7 Å². The second-order valence-corrected chi connectivity index (χ2v) is 10.6. The summed E-state index contributed by atoms with van der Waals surface area (Å²) in [6.45, 7) is 13.2. The summed E-state index contributed by atoms with van der Waals surface area (Å²) in [5.74, 6) is 0.621. The summed E-state index contributed by atoms with van der Waals surface area (Å²) < 4.78 is 1.55. The van der Waals surface area contributed by atoms with Crippen LogP contribution in [-0.2, 0) is 13.0 Å². The average Bonchev–Trinajstić information content (AvgIpc) is 3.41. The molecule has 2 aliphatic heterocycles. The van der Waals surface area contributed by atoms with Crippen LogP contribution in [0.1, 0.15) is 34.0 Å². The molecule has 10 nitrogen and oxygen atoms in total. The molecule has 202 valence electrons. The van der Waals surface area contributed by atoms with Crippen LogP contribution in [0, 0.1) is 6.92 Å². The van der Waals surface area contributed by atoms with Crippen LogP contribution in [0.25, 0.3) is 17.1 Å². The summed E-state index contributed by atoms with van der Waals surface area (Å²) >= 11 is 0. The van der Waals surface area contributed by atoms with E-state index >= 15 is 0 Å². The van der Waals surface area contributed by atoms with E-state index < -0.39 is 0 Å². The van der Waals surface area contributed by atoms with Gasteiger partial charge in [-0.05, 0) is 55.8 Å². The Labute approximate surface area is 225 Å². The van der Waals surface area contributed by atoms with Gasteiger partial charge in [0.15, 0.2) is 11.6 Å². The summed E-state index contributed by atoms with van der Waals surface area (Å²) in [4.78, 5) is 31.3. The molecule has 0 bridgehead atoms. The topological polar surface area (TPSA) is 99.6 Å². The SMILES string of the molecule is CCN1CCN(CCN(C)C(=O)c2cnn(-c3nc(-c4cc(C)c5c(c4)CN(C)CC5)cnc3N)c2)CC1. The molecule has 5 rings (SSSR count). The van der Waals surface area contributed by atoms with E-state index in [0.29, 0.717) is 17.9 Å². The molecule has 0 unspecified atom stereocenters. The molecule has 3 aromatic rings. The lowest BCUT2D eigenvalue weighted by Crippen LogP contribution is -2.48. The van der Waals surface area contributed by atoms with Gasteiger partial charge in [-0.3, -0.25) is 9.69 Å². The summed E-state index contributed by atoms with van der Waals surface area (Å²) in [5, 5.41) is 4.42. The van der Waals surface area contributed by atoms with E-state index in [9.17, 15) is 4.79 Å². The zero-order valence-electron chi connectivity index (χ0n) is 23.0. The first kappa shape index (κ1) is 26.3. The van der Waals surface area contributed by atoms with Crippen molar-refractivity contribution in [2.75, 3.05) is 72.2 Å². The maximum absolute atomic E-state index is 13.1. The van der Waals surface area contributed by atoms with Gasteiger partial charge in [-0.2, -0.15) is 5.10 Å². The maximum atomic E-state index is 13.1. The van der Waals surface area contributed by atoms with Crippen molar-refractivity contribution in [2.45, 2.75) is 26.8 Å². The van der Waals surface area contributed by atoms with E-state index in [1.807, 2.05) is 7.05 Å². The molecule has 0 spiro atoms. The van der Waals surface area contributed by atoms with Gasteiger partial charge in [0.1, 0.15) is 0 Å². The Hall–Kier alpha value is -3.34. The number of aryl methyl sites for hydroxylation is 1. The molecule has 1 amide bonds. The zero-order chi connectivity index (χ0) is 26.8. The number of hydrogen-bond acceptors (Lipinski definition) is 8. The number of nitrogen functional groups attached to an aromatic ring is 1. The summed E-state index contributed by atoms with van der Waals surface area (Å²) in [6, 6.07) is 4.38. The largest absolute Gasteiger partial charge is 0.381 e. The van der Waals surface area contributed by atoms with E-state index in [0.717, 1.165) is 70.0 Å². The minimum atomic E-state index is -0.0689. The molecule has 38 heavy (non-hydrogen) atoms. The number of aromatic nitrogens is 4. The number of amides is 1. The first-order valence-corrected chi connectivity index (χ1v) is 13.5. The predicted molar refractivity (Wildman–Crippen MR) is 149 cm³/mol. The Morgan fingerprint density at radius 2 is 1.87 bits per heavy atom. The Bertz CT molecular complexity index is 1300. The van der Waals surface area contributed by atoms with Crippen LogP contribution >= 0.6 is 0 Å².